The minimum atomic E-state index is -0.794. The van der Waals surface area contributed by atoms with Gasteiger partial charge in [-0.2, -0.15) is 0 Å². The van der Waals surface area contributed by atoms with Crippen molar-refractivity contribution in [3.05, 3.63) is 11.1 Å². The number of carbonyl (C=O) groups excluding carboxylic acids is 2. The predicted molar refractivity (Wildman–Crippen MR) is 79.4 cm³/mol. The summed E-state index contributed by atoms with van der Waals surface area (Å²) < 4.78 is 0. The van der Waals surface area contributed by atoms with Crippen molar-refractivity contribution >= 4 is 23.4 Å². The molecule has 1 unspecified atom stereocenters. The molecule has 0 aromatic heterocycles. The van der Waals surface area contributed by atoms with E-state index >= 15 is 0 Å². The standard InChI is InChI=1S/C15H23ClN2O2/c1-4-14(3)13(20)18(10-11(2)9-16)15(12(19)17-14)7-5-6-8-15/h9H,4-8,10H2,1-3H3,(H,17,19). The van der Waals surface area contributed by atoms with Crippen LogP contribution in [0.25, 0.3) is 0 Å². The molecule has 0 aromatic carbocycles. The quantitative estimate of drug-likeness (QED) is 0.870. The molecule has 4 nitrogen and oxygen atoms in total. The van der Waals surface area contributed by atoms with Gasteiger partial charge < -0.3 is 10.2 Å². The molecule has 112 valence electrons. The highest BCUT2D eigenvalue weighted by Crippen LogP contribution is 2.40. The fourth-order valence-corrected chi connectivity index (χ4v) is 3.31. The summed E-state index contributed by atoms with van der Waals surface area (Å²) in [6.45, 7) is 6.05. The Labute approximate surface area is 125 Å². The summed E-state index contributed by atoms with van der Waals surface area (Å²) in [5.74, 6) is 0.0145. The van der Waals surface area contributed by atoms with E-state index in [-0.39, 0.29) is 11.8 Å². The Morgan fingerprint density at radius 2 is 2.00 bits per heavy atom. The molecule has 0 bridgehead atoms. The van der Waals surface area contributed by atoms with E-state index in [1.54, 1.807) is 4.90 Å². The first-order chi connectivity index (χ1) is 9.39. The van der Waals surface area contributed by atoms with E-state index in [1.165, 1.54) is 5.54 Å². The van der Waals surface area contributed by atoms with Gasteiger partial charge in [0.05, 0.1) is 0 Å². The highest BCUT2D eigenvalue weighted by molar-refractivity contribution is 6.25. The molecule has 2 amide bonds. The first-order valence-corrected chi connectivity index (χ1v) is 7.74. The lowest BCUT2D eigenvalue weighted by atomic mass is 9.83. The van der Waals surface area contributed by atoms with Crippen LogP contribution in [0.3, 0.4) is 0 Å². The summed E-state index contributed by atoms with van der Waals surface area (Å²) in [7, 11) is 0. The Morgan fingerprint density at radius 1 is 1.40 bits per heavy atom. The summed E-state index contributed by atoms with van der Waals surface area (Å²) in [6.07, 6.45) is 4.07. The van der Waals surface area contributed by atoms with Crippen molar-refractivity contribution in [1.82, 2.24) is 10.2 Å². The van der Waals surface area contributed by atoms with Crippen molar-refractivity contribution in [2.75, 3.05) is 6.54 Å². The van der Waals surface area contributed by atoms with Gasteiger partial charge in [0, 0.05) is 12.1 Å². The molecule has 1 heterocycles. The normalized spacial score (nSPS) is 30.0. The molecule has 2 rings (SSSR count). The van der Waals surface area contributed by atoms with Gasteiger partial charge in [-0.1, -0.05) is 31.4 Å². The van der Waals surface area contributed by atoms with Gasteiger partial charge in [0.15, 0.2) is 0 Å². The second-order valence-electron chi connectivity index (χ2n) is 6.23. The predicted octanol–water partition coefficient (Wildman–Crippen LogP) is 2.57. The van der Waals surface area contributed by atoms with Gasteiger partial charge in [-0.15, -0.1) is 0 Å². The van der Waals surface area contributed by atoms with Crippen molar-refractivity contribution in [3.8, 4) is 0 Å². The van der Waals surface area contributed by atoms with Crippen molar-refractivity contribution in [2.24, 2.45) is 0 Å². The Morgan fingerprint density at radius 3 is 2.50 bits per heavy atom. The highest BCUT2D eigenvalue weighted by Gasteiger charge is 2.56. The number of hydrogen-bond donors (Lipinski definition) is 1. The molecule has 1 aliphatic heterocycles. The van der Waals surface area contributed by atoms with Crippen LogP contribution in [0.5, 0.6) is 0 Å². The molecule has 1 saturated heterocycles. The molecular formula is C15H23ClN2O2. The highest BCUT2D eigenvalue weighted by atomic mass is 35.5. The molecule has 0 radical (unpaired) electrons. The van der Waals surface area contributed by atoms with Gasteiger partial charge in [0.2, 0.25) is 11.8 Å². The van der Waals surface area contributed by atoms with E-state index in [0.717, 1.165) is 31.3 Å². The van der Waals surface area contributed by atoms with Crippen molar-refractivity contribution < 1.29 is 9.59 Å². The topological polar surface area (TPSA) is 49.4 Å². The molecule has 2 fully saturated rings. The molecule has 1 saturated carbocycles. The van der Waals surface area contributed by atoms with Gasteiger partial charge >= 0.3 is 0 Å². The molecule has 1 aliphatic carbocycles. The monoisotopic (exact) mass is 298 g/mol. The second-order valence-corrected chi connectivity index (χ2v) is 6.44. The Kier molecular flexibility index (Phi) is 4.14. The summed E-state index contributed by atoms with van der Waals surface area (Å²) in [5, 5.41) is 2.96. The van der Waals surface area contributed by atoms with Gasteiger partial charge in [-0.25, -0.2) is 0 Å². The fraction of sp³-hybridized carbons (Fsp3) is 0.733. The summed E-state index contributed by atoms with van der Waals surface area (Å²) in [5.41, 5.74) is 0.940. The van der Waals surface area contributed by atoms with Crippen molar-refractivity contribution in [3.63, 3.8) is 0 Å². The van der Waals surface area contributed by atoms with Crippen LogP contribution in [0.1, 0.15) is 52.9 Å². The average molecular weight is 299 g/mol. The molecular weight excluding hydrogens is 276 g/mol. The molecule has 1 spiro atoms. The molecule has 5 heteroatoms. The lowest BCUT2D eigenvalue weighted by molar-refractivity contribution is -0.161. The molecule has 1 atom stereocenters. The van der Waals surface area contributed by atoms with Gasteiger partial charge in [-0.3, -0.25) is 9.59 Å². The zero-order chi connectivity index (χ0) is 15.0. The minimum absolute atomic E-state index is 0.00122. The third-order valence-corrected chi connectivity index (χ3v) is 5.15. The maximum Gasteiger partial charge on any atom is 0.249 e. The fourth-order valence-electron chi connectivity index (χ4n) is 3.24. The van der Waals surface area contributed by atoms with Crippen LogP contribution in [-0.2, 0) is 9.59 Å². The third kappa shape index (κ3) is 2.24. The number of carbonyl (C=O) groups is 2. The van der Waals surface area contributed by atoms with Crippen molar-refractivity contribution in [1.29, 1.82) is 0 Å². The molecule has 2 aliphatic rings. The van der Waals surface area contributed by atoms with E-state index in [0.29, 0.717) is 13.0 Å². The van der Waals surface area contributed by atoms with Crippen LogP contribution in [0, 0.1) is 0 Å². The Balaban J connectivity index is 2.41. The smallest absolute Gasteiger partial charge is 0.249 e. The molecule has 1 N–H and O–H groups in total. The lowest BCUT2D eigenvalue weighted by Gasteiger charge is -2.50. The number of amides is 2. The SMILES string of the molecule is CCC1(C)NC(=O)C2(CCCC2)N(CC(C)=CCl)C1=O. The average Bonchev–Trinajstić information content (AvgIpc) is 2.92. The van der Waals surface area contributed by atoms with E-state index in [1.807, 2.05) is 20.8 Å². The first-order valence-electron chi connectivity index (χ1n) is 7.30. The Bertz CT molecular complexity index is 455. The third-order valence-electron chi connectivity index (χ3n) is 4.78. The maximum absolute atomic E-state index is 12.9. The Hall–Kier alpha value is -1.03. The van der Waals surface area contributed by atoms with Gasteiger partial charge in [-0.05, 0) is 38.7 Å². The van der Waals surface area contributed by atoms with Gasteiger partial charge in [0.25, 0.3) is 0 Å². The number of nitrogens with zero attached hydrogens (tertiary/aromatic N) is 1. The van der Waals surface area contributed by atoms with E-state index < -0.39 is 11.1 Å². The van der Waals surface area contributed by atoms with E-state index in [4.69, 9.17) is 11.6 Å². The lowest BCUT2D eigenvalue weighted by Crippen LogP contribution is -2.74. The number of rotatable bonds is 3. The van der Waals surface area contributed by atoms with Crippen LogP contribution in [0.15, 0.2) is 11.1 Å². The first kappa shape index (κ1) is 15.4. The van der Waals surface area contributed by atoms with Crippen LogP contribution < -0.4 is 5.32 Å². The minimum Gasteiger partial charge on any atom is -0.340 e. The van der Waals surface area contributed by atoms with Gasteiger partial charge in [0.1, 0.15) is 11.1 Å². The number of hydrogen-bond acceptors (Lipinski definition) is 2. The zero-order valence-corrected chi connectivity index (χ0v) is 13.2. The van der Waals surface area contributed by atoms with E-state index in [9.17, 15) is 9.59 Å². The number of piperazine rings is 1. The second kappa shape index (κ2) is 5.40. The van der Waals surface area contributed by atoms with E-state index in [2.05, 4.69) is 5.32 Å². The van der Waals surface area contributed by atoms with Crippen LogP contribution in [-0.4, -0.2) is 34.3 Å². The maximum atomic E-state index is 12.9. The summed E-state index contributed by atoms with van der Waals surface area (Å²) in [4.78, 5) is 27.3. The molecule has 20 heavy (non-hydrogen) atoms. The number of halogens is 1. The summed E-state index contributed by atoms with van der Waals surface area (Å²) in [6, 6.07) is 0. The summed E-state index contributed by atoms with van der Waals surface area (Å²) >= 11 is 5.75. The molecule has 0 aromatic rings. The zero-order valence-electron chi connectivity index (χ0n) is 12.5. The van der Waals surface area contributed by atoms with Crippen LogP contribution >= 0.6 is 11.6 Å². The largest absolute Gasteiger partial charge is 0.340 e. The van der Waals surface area contributed by atoms with Crippen LogP contribution in [0.4, 0.5) is 0 Å². The number of nitrogens with one attached hydrogen (secondary N) is 1. The van der Waals surface area contributed by atoms with Crippen LogP contribution in [0.2, 0.25) is 0 Å². The van der Waals surface area contributed by atoms with Crippen molar-refractivity contribution in [2.45, 2.75) is 64.0 Å².